The maximum atomic E-state index is 11.7. The van der Waals surface area contributed by atoms with Gasteiger partial charge in [-0.05, 0) is 24.3 Å². The van der Waals surface area contributed by atoms with Gasteiger partial charge in [0.05, 0.1) is 4.92 Å². The van der Waals surface area contributed by atoms with Crippen LogP contribution >= 0.6 is 15.9 Å². The predicted octanol–water partition coefficient (Wildman–Crippen LogP) is 1.93. The molecule has 0 atom stereocenters. The number of aromatic nitrogens is 1. The van der Waals surface area contributed by atoms with Crippen LogP contribution in [-0.2, 0) is 6.54 Å². The molecule has 5 nitrogen and oxygen atoms in total. The number of pyridine rings is 1. The second-order valence-electron chi connectivity index (χ2n) is 4.22. The van der Waals surface area contributed by atoms with Gasteiger partial charge >= 0.3 is 11.2 Å². The molecule has 0 saturated heterocycles. The normalized spacial score (nSPS) is 17.1. The molecule has 0 radical (unpaired) electrons. The number of alkyl halides is 1. The van der Waals surface area contributed by atoms with E-state index in [-0.39, 0.29) is 11.1 Å². The molecule has 0 N–H and O–H groups in total. The zero-order valence-corrected chi connectivity index (χ0v) is 10.1. The zero-order chi connectivity index (χ0) is 11.8. The van der Waals surface area contributed by atoms with E-state index in [0.717, 1.165) is 18.2 Å². The molecule has 86 valence electrons. The van der Waals surface area contributed by atoms with Crippen molar-refractivity contribution in [1.82, 2.24) is 4.57 Å². The van der Waals surface area contributed by atoms with Crippen LogP contribution in [-0.4, -0.2) is 14.8 Å². The van der Waals surface area contributed by atoms with Crippen LogP contribution in [0.3, 0.4) is 0 Å². The van der Waals surface area contributed by atoms with Crippen LogP contribution in [0.25, 0.3) is 0 Å². The monoisotopic (exact) mass is 286 g/mol. The molecule has 0 amide bonds. The fraction of sp³-hybridized carbons (Fsp3) is 0.500. The third-order valence-corrected chi connectivity index (χ3v) is 4.13. The molecule has 16 heavy (non-hydrogen) atoms. The van der Waals surface area contributed by atoms with Gasteiger partial charge in [-0.25, -0.2) is 0 Å². The van der Waals surface area contributed by atoms with E-state index in [0.29, 0.717) is 6.54 Å². The number of halogens is 1. The van der Waals surface area contributed by atoms with Crippen molar-refractivity contribution in [2.75, 3.05) is 5.33 Å². The van der Waals surface area contributed by atoms with Crippen molar-refractivity contribution in [3.8, 4) is 0 Å². The van der Waals surface area contributed by atoms with Crippen LogP contribution in [0.15, 0.2) is 23.1 Å². The summed E-state index contributed by atoms with van der Waals surface area (Å²) in [5.74, 6) is 0. The highest BCUT2D eigenvalue weighted by atomic mass is 79.9. The van der Waals surface area contributed by atoms with E-state index in [2.05, 4.69) is 15.9 Å². The first-order valence-corrected chi connectivity index (χ1v) is 6.10. The van der Waals surface area contributed by atoms with E-state index < -0.39 is 10.5 Å². The second-order valence-corrected chi connectivity index (χ2v) is 4.78. The van der Waals surface area contributed by atoms with Gasteiger partial charge in [-0.3, -0.25) is 14.9 Å². The van der Waals surface area contributed by atoms with E-state index >= 15 is 0 Å². The average Bonchev–Trinajstić information content (AvgIpc) is 3.01. The van der Waals surface area contributed by atoms with Gasteiger partial charge in [0.25, 0.3) is 0 Å². The highest BCUT2D eigenvalue weighted by Gasteiger charge is 2.42. The third kappa shape index (κ3) is 2.02. The zero-order valence-electron chi connectivity index (χ0n) is 8.56. The lowest BCUT2D eigenvalue weighted by Gasteiger charge is -2.12. The van der Waals surface area contributed by atoms with Crippen molar-refractivity contribution in [3.05, 3.63) is 38.8 Å². The van der Waals surface area contributed by atoms with Crippen molar-refractivity contribution in [3.63, 3.8) is 0 Å². The molecule has 1 aliphatic rings. The van der Waals surface area contributed by atoms with Gasteiger partial charge in [0.1, 0.15) is 0 Å². The van der Waals surface area contributed by atoms with Crippen molar-refractivity contribution in [1.29, 1.82) is 0 Å². The molecular weight excluding hydrogens is 276 g/mol. The summed E-state index contributed by atoms with van der Waals surface area (Å²) in [6.07, 6.45) is 3.73. The highest BCUT2D eigenvalue weighted by molar-refractivity contribution is 9.09. The lowest BCUT2D eigenvalue weighted by atomic mass is 10.1. The van der Waals surface area contributed by atoms with Gasteiger partial charge in [-0.1, -0.05) is 15.9 Å². The minimum atomic E-state index is -0.632. The Bertz CT molecular complexity index is 479. The largest absolute Gasteiger partial charge is 0.334 e. The molecule has 0 unspecified atom stereocenters. The topological polar surface area (TPSA) is 65.1 Å². The average molecular weight is 287 g/mol. The Morgan fingerprint density at radius 2 is 2.25 bits per heavy atom. The molecule has 2 rings (SSSR count). The summed E-state index contributed by atoms with van der Waals surface area (Å²) in [7, 11) is 0. The molecule has 1 fully saturated rings. The first-order chi connectivity index (χ1) is 7.58. The van der Waals surface area contributed by atoms with E-state index in [9.17, 15) is 14.9 Å². The molecule has 0 aromatic carbocycles. The van der Waals surface area contributed by atoms with Crippen molar-refractivity contribution >= 4 is 21.6 Å². The van der Waals surface area contributed by atoms with Gasteiger partial charge in [0.15, 0.2) is 0 Å². The summed E-state index contributed by atoms with van der Waals surface area (Å²) in [4.78, 5) is 21.7. The molecule has 1 aromatic heterocycles. The Kier molecular flexibility index (Phi) is 2.84. The Morgan fingerprint density at radius 1 is 1.56 bits per heavy atom. The van der Waals surface area contributed by atoms with Gasteiger partial charge in [-0.2, -0.15) is 0 Å². The molecule has 1 saturated carbocycles. The first kappa shape index (κ1) is 11.3. The molecule has 0 spiro atoms. The van der Waals surface area contributed by atoms with Gasteiger partial charge < -0.3 is 4.57 Å². The van der Waals surface area contributed by atoms with Gasteiger partial charge in [0, 0.05) is 24.1 Å². The SMILES string of the molecule is O=c1c([N+](=O)[O-])cccn1CC1(CBr)CC1. The fourth-order valence-corrected chi connectivity index (χ4v) is 2.40. The molecule has 0 aliphatic heterocycles. The summed E-state index contributed by atoms with van der Waals surface area (Å²) in [6.45, 7) is 0.554. The Hall–Kier alpha value is -1.17. The Balaban J connectivity index is 2.32. The van der Waals surface area contributed by atoms with Crippen LogP contribution in [0.4, 0.5) is 5.69 Å². The molecular formula is C10H11BrN2O3. The van der Waals surface area contributed by atoms with Gasteiger partial charge in [-0.15, -0.1) is 0 Å². The summed E-state index contributed by atoms with van der Waals surface area (Å²) in [5, 5.41) is 11.4. The predicted molar refractivity (Wildman–Crippen MR) is 62.8 cm³/mol. The summed E-state index contributed by atoms with van der Waals surface area (Å²) in [5.41, 5.74) is -0.744. The molecule has 6 heteroatoms. The highest BCUT2D eigenvalue weighted by Crippen LogP contribution is 2.48. The number of rotatable bonds is 4. The van der Waals surface area contributed by atoms with Crippen molar-refractivity contribution in [2.45, 2.75) is 19.4 Å². The maximum Gasteiger partial charge on any atom is 0.334 e. The summed E-state index contributed by atoms with van der Waals surface area (Å²) >= 11 is 3.41. The second kappa shape index (κ2) is 4.01. The van der Waals surface area contributed by atoms with Crippen molar-refractivity contribution < 1.29 is 4.92 Å². The van der Waals surface area contributed by atoms with E-state index in [1.54, 1.807) is 12.3 Å². The van der Waals surface area contributed by atoms with Crippen LogP contribution in [0.2, 0.25) is 0 Å². The van der Waals surface area contributed by atoms with Crippen LogP contribution in [0.5, 0.6) is 0 Å². The minimum Gasteiger partial charge on any atom is -0.309 e. The lowest BCUT2D eigenvalue weighted by molar-refractivity contribution is -0.386. The smallest absolute Gasteiger partial charge is 0.309 e. The third-order valence-electron chi connectivity index (χ3n) is 2.94. The summed E-state index contributed by atoms with van der Waals surface area (Å²) < 4.78 is 1.44. The van der Waals surface area contributed by atoms with E-state index in [4.69, 9.17) is 0 Å². The molecule has 0 bridgehead atoms. The van der Waals surface area contributed by atoms with E-state index in [1.165, 1.54) is 10.6 Å². The minimum absolute atomic E-state index is 0.124. The summed E-state index contributed by atoms with van der Waals surface area (Å²) in [6, 6.07) is 2.79. The number of hydrogen-bond donors (Lipinski definition) is 0. The fourth-order valence-electron chi connectivity index (χ4n) is 1.66. The number of nitrogens with zero attached hydrogens (tertiary/aromatic N) is 2. The Morgan fingerprint density at radius 3 is 2.75 bits per heavy atom. The Labute approximate surface area is 100 Å². The van der Waals surface area contributed by atoms with Crippen LogP contribution in [0, 0.1) is 15.5 Å². The molecule has 1 aromatic rings. The van der Waals surface area contributed by atoms with E-state index in [1.807, 2.05) is 0 Å². The number of nitro groups is 1. The van der Waals surface area contributed by atoms with Crippen LogP contribution < -0.4 is 5.56 Å². The first-order valence-electron chi connectivity index (χ1n) is 4.98. The standard InChI is InChI=1S/C10H11BrN2O3/c11-6-10(3-4-10)7-12-5-1-2-8(9(12)14)13(15)16/h1-2,5H,3-4,6-7H2. The lowest BCUT2D eigenvalue weighted by Crippen LogP contribution is -2.26. The van der Waals surface area contributed by atoms with Crippen LogP contribution in [0.1, 0.15) is 12.8 Å². The molecule has 1 heterocycles. The quantitative estimate of drug-likeness (QED) is 0.483. The maximum absolute atomic E-state index is 11.7. The van der Waals surface area contributed by atoms with Gasteiger partial charge in [0.2, 0.25) is 0 Å². The van der Waals surface area contributed by atoms with Crippen molar-refractivity contribution in [2.24, 2.45) is 5.41 Å². The molecule has 1 aliphatic carbocycles. The number of hydrogen-bond acceptors (Lipinski definition) is 3.